The highest BCUT2D eigenvalue weighted by atomic mass is 32.2. The lowest BCUT2D eigenvalue weighted by Crippen LogP contribution is -2.45. The molecule has 0 aromatic carbocycles. The Labute approximate surface area is 224 Å². The van der Waals surface area contributed by atoms with Gasteiger partial charge >= 0.3 is 0 Å². The van der Waals surface area contributed by atoms with Gasteiger partial charge in [0.1, 0.15) is 17.8 Å². The molecule has 9 heteroatoms. The summed E-state index contributed by atoms with van der Waals surface area (Å²) in [5.74, 6) is 1.08. The Morgan fingerprint density at radius 1 is 1.05 bits per heavy atom. The average molecular weight is 531 g/mol. The number of aromatic nitrogens is 3. The number of anilines is 1. The lowest BCUT2D eigenvalue weighted by Gasteiger charge is -2.37. The van der Waals surface area contributed by atoms with Gasteiger partial charge in [0.25, 0.3) is 6.43 Å². The second-order valence-corrected chi connectivity index (χ2v) is 10.0. The lowest BCUT2D eigenvalue weighted by atomic mass is 10.1. The molecule has 2 aliphatic rings. The van der Waals surface area contributed by atoms with E-state index in [0.29, 0.717) is 0 Å². The summed E-state index contributed by atoms with van der Waals surface area (Å²) in [6.07, 6.45) is 3.07. The summed E-state index contributed by atoms with van der Waals surface area (Å²) in [5.41, 5.74) is 3.47. The number of nitrogens with one attached hydrogen (secondary N) is 1. The molecule has 0 unspecified atom stereocenters. The molecule has 0 amide bonds. The minimum absolute atomic E-state index is 0.197. The fourth-order valence-electron chi connectivity index (χ4n) is 4.04. The minimum Gasteiger partial charge on any atom is -0.372 e. The van der Waals surface area contributed by atoms with E-state index in [0.717, 1.165) is 59.4 Å². The van der Waals surface area contributed by atoms with E-state index < -0.39 is 6.43 Å². The van der Waals surface area contributed by atoms with Crippen LogP contribution in [-0.2, 0) is 0 Å². The molecule has 0 bridgehead atoms. The fraction of sp³-hybridized carbons (Fsp3) is 0.500. The van der Waals surface area contributed by atoms with Crippen LogP contribution in [0.25, 0.3) is 16.8 Å². The summed E-state index contributed by atoms with van der Waals surface area (Å²) in [5, 5.41) is 0. The summed E-state index contributed by atoms with van der Waals surface area (Å²) in [6.45, 7) is 20.0. The zero-order chi connectivity index (χ0) is 27.2. The predicted molar refractivity (Wildman–Crippen MR) is 151 cm³/mol. The molecule has 0 spiro atoms. The third-order valence-electron chi connectivity index (χ3n) is 6.44. The molecule has 5 rings (SSSR count). The van der Waals surface area contributed by atoms with Crippen LogP contribution in [0.2, 0.25) is 0 Å². The van der Waals surface area contributed by atoms with Crippen molar-refractivity contribution in [3.8, 4) is 11.3 Å². The first-order valence-corrected chi connectivity index (χ1v) is 14.0. The highest BCUT2D eigenvalue weighted by molar-refractivity contribution is 7.97. The first kappa shape index (κ1) is 28.9. The van der Waals surface area contributed by atoms with Crippen molar-refractivity contribution >= 4 is 23.3 Å². The molecule has 0 atom stereocenters. The van der Waals surface area contributed by atoms with Crippen LogP contribution in [0, 0.1) is 0 Å². The van der Waals surface area contributed by atoms with E-state index in [2.05, 4.69) is 54.5 Å². The Morgan fingerprint density at radius 2 is 1.73 bits per heavy atom. The number of alkyl halides is 2. The van der Waals surface area contributed by atoms with Crippen molar-refractivity contribution in [3.63, 3.8) is 0 Å². The Kier molecular flexibility index (Phi) is 9.95. The maximum absolute atomic E-state index is 13.0. The Balaban J connectivity index is 0.000000907. The van der Waals surface area contributed by atoms with Crippen LogP contribution in [-0.4, -0.2) is 51.0 Å². The van der Waals surface area contributed by atoms with Crippen molar-refractivity contribution in [2.75, 3.05) is 31.1 Å². The van der Waals surface area contributed by atoms with Gasteiger partial charge in [0.2, 0.25) is 0 Å². The maximum atomic E-state index is 13.0. The van der Waals surface area contributed by atoms with Crippen LogP contribution in [0.5, 0.6) is 0 Å². The number of hydrogen-bond acceptors (Lipinski definition) is 6. The van der Waals surface area contributed by atoms with E-state index in [1.807, 2.05) is 40.9 Å². The average Bonchev–Trinajstić information content (AvgIpc) is 3.52. The van der Waals surface area contributed by atoms with Crippen LogP contribution < -0.4 is 9.62 Å². The van der Waals surface area contributed by atoms with E-state index in [-0.39, 0.29) is 11.2 Å². The second-order valence-electron chi connectivity index (χ2n) is 9.14. The maximum Gasteiger partial charge on any atom is 0.280 e. The Bertz CT molecular complexity index is 1170. The number of halogens is 2. The third kappa shape index (κ3) is 6.82. The third-order valence-corrected chi connectivity index (χ3v) is 7.51. The van der Waals surface area contributed by atoms with Gasteiger partial charge in [-0.15, -0.1) is 0 Å². The monoisotopic (exact) mass is 530 g/mol. The van der Waals surface area contributed by atoms with Gasteiger partial charge in [0.05, 0.1) is 11.2 Å². The van der Waals surface area contributed by atoms with Gasteiger partial charge in [0, 0.05) is 54.1 Å². The molecule has 1 aliphatic heterocycles. The van der Waals surface area contributed by atoms with Crippen molar-refractivity contribution in [2.24, 2.45) is 0 Å². The standard InChI is InChI=1S/C24H28F2N6S.2C2H6/c1-16(2)30-8-10-31(11-9-30)21-13-18(33-29-24(3)6-7-24)12-20-22(28-15-32(20)21)17-4-5-19(23(25)26)27-14-17;2*1-2/h4-5,12-15,23,29H,1,6-11H2,2-3H3;2*1-2H3. The summed E-state index contributed by atoms with van der Waals surface area (Å²) >= 11 is 1.64. The molecule has 1 N–H and O–H groups in total. The van der Waals surface area contributed by atoms with Crippen LogP contribution in [0.15, 0.2) is 54.0 Å². The lowest BCUT2D eigenvalue weighted by molar-refractivity contribution is 0.146. The van der Waals surface area contributed by atoms with Crippen LogP contribution in [0.4, 0.5) is 14.6 Å². The topological polar surface area (TPSA) is 48.7 Å². The van der Waals surface area contributed by atoms with Gasteiger partial charge in [-0.25, -0.2) is 13.8 Å². The normalized spacial score (nSPS) is 16.1. The fourth-order valence-corrected chi connectivity index (χ4v) is 4.94. The zero-order valence-electron chi connectivity index (χ0n) is 22.9. The van der Waals surface area contributed by atoms with E-state index in [4.69, 9.17) is 0 Å². The predicted octanol–water partition coefficient (Wildman–Crippen LogP) is 7.19. The number of fused-ring (bicyclic) bond motifs is 1. The number of nitrogens with zero attached hydrogens (tertiary/aromatic N) is 5. The molecule has 1 saturated heterocycles. The highest BCUT2D eigenvalue weighted by Crippen LogP contribution is 2.39. The molecule has 6 nitrogen and oxygen atoms in total. The molecular weight excluding hydrogens is 490 g/mol. The molecule has 202 valence electrons. The van der Waals surface area contributed by atoms with Crippen LogP contribution >= 0.6 is 11.9 Å². The molecule has 4 heterocycles. The van der Waals surface area contributed by atoms with E-state index in [1.54, 1.807) is 18.0 Å². The zero-order valence-corrected chi connectivity index (χ0v) is 23.7. The summed E-state index contributed by atoms with van der Waals surface area (Å²) in [4.78, 5) is 14.4. The number of allylic oxidation sites excluding steroid dienone is 1. The van der Waals surface area contributed by atoms with Gasteiger partial charge < -0.3 is 9.80 Å². The van der Waals surface area contributed by atoms with Crippen LogP contribution in [0.1, 0.15) is 66.5 Å². The number of hydrogen-bond donors (Lipinski definition) is 1. The summed E-state index contributed by atoms with van der Waals surface area (Å²) in [6, 6.07) is 7.36. The first-order valence-electron chi connectivity index (χ1n) is 13.2. The first-order chi connectivity index (χ1) is 17.8. The van der Waals surface area contributed by atoms with Gasteiger partial charge in [-0.3, -0.25) is 14.1 Å². The summed E-state index contributed by atoms with van der Waals surface area (Å²) < 4.78 is 31.6. The molecule has 1 saturated carbocycles. The summed E-state index contributed by atoms with van der Waals surface area (Å²) in [7, 11) is 0. The van der Waals surface area contributed by atoms with Gasteiger partial charge in [-0.1, -0.05) is 34.3 Å². The van der Waals surface area contributed by atoms with Gasteiger partial charge in [-0.05, 0) is 62.9 Å². The van der Waals surface area contributed by atoms with Crippen molar-refractivity contribution in [1.29, 1.82) is 0 Å². The number of piperazine rings is 1. The highest BCUT2D eigenvalue weighted by Gasteiger charge is 2.37. The molecular formula is C28H40F2N6S. The number of rotatable bonds is 7. The second kappa shape index (κ2) is 12.7. The SMILES string of the molecule is C=C(C)N1CCN(c2cc(SNC3(C)CC3)cc3c(-c4ccc(C(F)F)nc4)ncn23)CC1.CC.CC. The molecule has 3 aromatic heterocycles. The molecule has 0 radical (unpaired) electrons. The van der Waals surface area contributed by atoms with Crippen molar-refractivity contribution in [2.45, 2.75) is 71.2 Å². The Hall–Kier alpha value is -2.65. The number of imidazole rings is 1. The van der Waals surface area contributed by atoms with E-state index >= 15 is 0 Å². The minimum atomic E-state index is -2.58. The number of pyridine rings is 2. The van der Waals surface area contributed by atoms with Crippen molar-refractivity contribution < 1.29 is 8.78 Å². The Morgan fingerprint density at radius 3 is 2.27 bits per heavy atom. The molecule has 2 fully saturated rings. The molecule has 37 heavy (non-hydrogen) atoms. The van der Waals surface area contributed by atoms with Crippen molar-refractivity contribution in [1.82, 2.24) is 24.0 Å². The van der Waals surface area contributed by atoms with Gasteiger partial charge in [0.15, 0.2) is 0 Å². The van der Waals surface area contributed by atoms with E-state index in [9.17, 15) is 8.78 Å². The van der Waals surface area contributed by atoms with Gasteiger partial charge in [-0.2, -0.15) is 0 Å². The molecule has 1 aliphatic carbocycles. The van der Waals surface area contributed by atoms with Crippen molar-refractivity contribution in [3.05, 3.63) is 54.8 Å². The largest absolute Gasteiger partial charge is 0.372 e. The quantitative estimate of drug-likeness (QED) is 0.326. The smallest absolute Gasteiger partial charge is 0.280 e. The van der Waals surface area contributed by atoms with E-state index in [1.165, 1.54) is 25.1 Å². The molecule has 3 aromatic rings. The van der Waals surface area contributed by atoms with Crippen LogP contribution in [0.3, 0.4) is 0 Å².